The molecule has 2 heterocycles. The molecular weight excluding hydrogens is 285 g/mol. The Morgan fingerprint density at radius 1 is 1.15 bits per heavy atom. The molecule has 0 amide bonds. The van der Waals surface area contributed by atoms with Gasteiger partial charge in [0, 0.05) is 5.46 Å². The van der Waals surface area contributed by atoms with Crippen molar-refractivity contribution in [2.24, 2.45) is 0 Å². The molecular formula is C9H8BF4N3O3. The molecule has 0 aliphatic rings. The molecule has 0 unspecified atom stereocenters. The van der Waals surface area contributed by atoms with Gasteiger partial charge in [-0.15, -0.1) is 0 Å². The molecule has 0 aromatic carbocycles. The van der Waals surface area contributed by atoms with E-state index in [1.54, 1.807) is 0 Å². The van der Waals surface area contributed by atoms with Crippen LogP contribution in [0, 0.1) is 0 Å². The van der Waals surface area contributed by atoms with Gasteiger partial charge in [-0.25, -0.2) is 27.1 Å². The summed E-state index contributed by atoms with van der Waals surface area (Å²) < 4.78 is 51.8. The number of fused-ring (bicyclic) bond motifs is 1. The number of halogens is 4. The van der Waals surface area contributed by atoms with Gasteiger partial charge in [0.25, 0.3) is 12.9 Å². The Morgan fingerprint density at radius 2 is 1.75 bits per heavy atom. The second-order valence-corrected chi connectivity index (χ2v) is 3.97. The van der Waals surface area contributed by atoms with Crippen LogP contribution >= 0.6 is 0 Å². The van der Waals surface area contributed by atoms with Crippen LogP contribution in [0.15, 0.2) is 18.5 Å². The molecule has 0 spiro atoms. The minimum Gasteiger partial charge on any atom is -0.423 e. The number of hydrogen-bond acceptors (Lipinski definition) is 5. The summed E-state index contributed by atoms with van der Waals surface area (Å²) in [4.78, 5) is 3.56. The van der Waals surface area contributed by atoms with Crippen molar-refractivity contribution in [1.82, 2.24) is 14.6 Å². The Labute approximate surface area is 109 Å². The summed E-state index contributed by atoms with van der Waals surface area (Å²) in [6.07, 6.45) is -6.71. The Kier molecular flexibility index (Phi) is 3.67. The number of nitrogens with zero attached hydrogens (tertiary/aromatic N) is 3. The molecule has 0 bridgehead atoms. The highest BCUT2D eigenvalue weighted by atomic mass is 19.3. The van der Waals surface area contributed by atoms with Gasteiger partial charge in [0.2, 0.25) is 5.60 Å². The third-order valence-corrected chi connectivity index (χ3v) is 2.81. The first-order chi connectivity index (χ1) is 9.30. The van der Waals surface area contributed by atoms with Crippen molar-refractivity contribution in [2.75, 3.05) is 0 Å². The lowest BCUT2D eigenvalue weighted by molar-refractivity contribution is -0.186. The predicted molar refractivity (Wildman–Crippen MR) is 58.7 cm³/mol. The van der Waals surface area contributed by atoms with Gasteiger partial charge in [-0.1, -0.05) is 6.07 Å². The second-order valence-electron chi connectivity index (χ2n) is 3.97. The minimum absolute atomic E-state index is 0.225. The monoisotopic (exact) mass is 293 g/mol. The summed E-state index contributed by atoms with van der Waals surface area (Å²) in [7, 11) is -2.00. The first-order valence-electron chi connectivity index (χ1n) is 5.28. The number of aromatic nitrogens is 3. The average molecular weight is 293 g/mol. The standard InChI is InChI=1S/C9H8BF4N3O3/c11-7(12)9(18,8(13)14)5-2-1-4(10(19)20)6-15-3-16-17(5)6/h1-3,7-8,18-20H. The molecule has 3 N–H and O–H groups in total. The third-order valence-electron chi connectivity index (χ3n) is 2.81. The molecule has 0 aliphatic heterocycles. The smallest absolute Gasteiger partial charge is 0.423 e. The van der Waals surface area contributed by atoms with Gasteiger partial charge < -0.3 is 15.2 Å². The van der Waals surface area contributed by atoms with Crippen molar-refractivity contribution in [3.05, 3.63) is 24.2 Å². The number of alkyl halides is 4. The van der Waals surface area contributed by atoms with Crippen LogP contribution in [-0.4, -0.2) is 49.7 Å². The molecule has 20 heavy (non-hydrogen) atoms. The maximum absolute atomic E-state index is 12.8. The zero-order chi connectivity index (χ0) is 15.1. The fourth-order valence-electron chi connectivity index (χ4n) is 1.75. The van der Waals surface area contributed by atoms with Crippen LogP contribution < -0.4 is 5.46 Å². The highest BCUT2D eigenvalue weighted by Gasteiger charge is 2.51. The maximum atomic E-state index is 12.8. The van der Waals surface area contributed by atoms with Gasteiger partial charge in [0.15, 0.2) is 5.65 Å². The summed E-state index contributed by atoms with van der Waals surface area (Å²) >= 11 is 0. The van der Waals surface area contributed by atoms with Gasteiger partial charge in [0.05, 0.1) is 5.69 Å². The van der Waals surface area contributed by atoms with E-state index in [-0.39, 0.29) is 11.1 Å². The molecule has 0 radical (unpaired) electrons. The van der Waals surface area contributed by atoms with Crippen molar-refractivity contribution in [3.8, 4) is 0 Å². The fraction of sp³-hybridized carbons (Fsp3) is 0.333. The Bertz CT molecular complexity index is 614. The maximum Gasteiger partial charge on any atom is 0.492 e. The van der Waals surface area contributed by atoms with Gasteiger partial charge in [-0.3, -0.25) is 0 Å². The van der Waals surface area contributed by atoms with Gasteiger partial charge in [0.1, 0.15) is 6.33 Å². The zero-order valence-electron chi connectivity index (χ0n) is 9.66. The fourth-order valence-corrected chi connectivity index (χ4v) is 1.75. The lowest BCUT2D eigenvalue weighted by Crippen LogP contribution is -2.44. The number of aliphatic hydroxyl groups is 1. The molecule has 2 aromatic heterocycles. The predicted octanol–water partition coefficient (Wildman–Crippen LogP) is -0.873. The van der Waals surface area contributed by atoms with E-state index < -0.39 is 31.3 Å². The van der Waals surface area contributed by atoms with E-state index in [0.29, 0.717) is 4.52 Å². The normalized spacial score (nSPS) is 12.7. The molecule has 0 saturated heterocycles. The SMILES string of the molecule is OB(O)c1ccc(C(O)(C(F)F)C(F)F)n2ncnc12. The molecule has 0 aliphatic carbocycles. The molecule has 2 rings (SSSR count). The summed E-state index contributed by atoms with van der Waals surface area (Å²) in [6, 6.07) is 1.62. The molecule has 108 valence electrons. The largest absolute Gasteiger partial charge is 0.492 e. The van der Waals surface area contributed by atoms with E-state index in [4.69, 9.17) is 10.0 Å². The Balaban J connectivity index is 2.73. The second kappa shape index (κ2) is 5.00. The lowest BCUT2D eigenvalue weighted by atomic mass is 9.80. The topological polar surface area (TPSA) is 90.9 Å². The van der Waals surface area contributed by atoms with E-state index >= 15 is 0 Å². The van der Waals surface area contributed by atoms with Crippen molar-refractivity contribution < 1.29 is 32.7 Å². The summed E-state index contributed by atoms with van der Waals surface area (Å²) in [5.41, 5.74) is -5.20. The van der Waals surface area contributed by atoms with Crippen molar-refractivity contribution in [1.29, 1.82) is 0 Å². The van der Waals surface area contributed by atoms with E-state index in [1.807, 2.05) is 0 Å². The van der Waals surface area contributed by atoms with Crippen LogP contribution in [0.25, 0.3) is 5.65 Å². The average Bonchev–Trinajstić information content (AvgIpc) is 2.84. The van der Waals surface area contributed by atoms with Crippen LogP contribution in [0.3, 0.4) is 0 Å². The highest BCUT2D eigenvalue weighted by Crippen LogP contribution is 2.34. The van der Waals surface area contributed by atoms with E-state index in [9.17, 15) is 22.7 Å². The number of hydrogen-bond donors (Lipinski definition) is 3. The van der Waals surface area contributed by atoms with Crippen LogP contribution in [0.5, 0.6) is 0 Å². The van der Waals surface area contributed by atoms with Crippen molar-refractivity contribution >= 4 is 18.2 Å². The van der Waals surface area contributed by atoms with E-state index in [0.717, 1.165) is 18.5 Å². The van der Waals surface area contributed by atoms with Gasteiger partial charge >= 0.3 is 7.12 Å². The molecule has 0 saturated carbocycles. The number of rotatable bonds is 4. The summed E-state index contributed by atoms with van der Waals surface area (Å²) in [5.74, 6) is 0. The summed E-state index contributed by atoms with van der Waals surface area (Å²) in [5, 5.41) is 31.2. The first kappa shape index (κ1) is 14.7. The van der Waals surface area contributed by atoms with Crippen LogP contribution in [-0.2, 0) is 5.60 Å². The van der Waals surface area contributed by atoms with Crippen molar-refractivity contribution in [2.45, 2.75) is 18.5 Å². The first-order valence-corrected chi connectivity index (χ1v) is 5.28. The molecule has 6 nitrogen and oxygen atoms in total. The molecule has 11 heteroatoms. The van der Waals surface area contributed by atoms with E-state index in [2.05, 4.69) is 10.1 Å². The van der Waals surface area contributed by atoms with Gasteiger partial charge in [-0.05, 0) is 6.07 Å². The van der Waals surface area contributed by atoms with E-state index in [1.165, 1.54) is 0 Å². The highest BCUT2D eigenvalue weighted by molar-refractivity contribution is 6.60. The van der Waals surface area contributed by atoms with Crippen molar-refractivity contribution in [3.63, 3.8) is 0 Å². The molecule has 0 atom stereocenters. The Morgan fingerprint density at radius 3 is 2.25 bits per heavy atom. The van der Waals surface area contributed by atoms with Crippen LogP contribution in [0.1, 0.15) is 5.69 Å². The Hall–Kier alpha value is -1.72. The zero-order valence-corrected chi connectivity index (χ0v) is 9.66. The molecule has 0 fully saturated rings. The van der Waals surface area contributed by atoms with Gasteiger partial charge in [-0.2, -0.15) is 5.10 Å². The van der Waals surface area contributed by atoms with Crippen LogP contribution in [0.2, 0.25) is 0 Å². The molecule has 2 aromatic rings. The quantitative estimate of drug-likeness (QED) is 0.503. The third kappa shape index (κ3) is 2.03. The van der Waals surface area contributed by atoms with Crippen LogP contribution in [0.4, 0.5) is 17.6 Å². The lowest BCUT2D eigenvalue weighted by Gasteiger charge is -2.27. The number of pyridine rings is 1. The summed E-state index contributed by atoms with van der Waals surface area (Å²) in [6.45, 7) is 0. The minimum atomic E-state index is -3.78.